The number of aromatic nitrogens is 5. The van der Waals surface area contributed by atoms with Gasteiger partial charge in [0.2, 0.25) is 0 Å². The molecule has 2 aliphatic rings. The van der Waals surface area contributed by atoms with Gasteiger partial charge in [-0.15, -0.1) is 0 Å². The van der Waals surface area contributed by atoms with E-state index in [1.165, 1.54) is 0 Å². The van der Waals surface area contributed by atoms with E-state index in [4.69, 9.17) is 14.2 Å². The SMILES string of the molecule is COCc1cc2c(Nc3cc([C@H]4C[C@@H](OC(=O)NC5CCC5)CO4)[nH]n3)nc(C#N)cn2n1. The van der Waals surface area contributed by atoms with Crippen molar-refractivity contribution < 1.29 is 19.0 Å². The maximum Gasteiger partial charge on any atom is 0.407 e. The second kappa shape index (κ2) is 9.05. The van der Waals surface area contributed by atoms with Crippen LogP contribution in [0.4, 0.5) is 16.4 Å². The second-order valence-corrected chi connectivity index (χ2v) is 8.18. The number of H-pyrrole nitrogens is 1. The van der Waals surface area contributed by atoms with Gasteiger partial charge >= 0.3 is 6.09 Å². The molecule has 0 spiro atoms. The van der Waals surface area contributed by atoms with Crippen molar-refractivity contribution in [3.05, 3.63) is 35.4 Å². The largest absolute Gasteiger partial charge is 0.444 e. The van der Waals surface area contributed by atoms with Gasteiger partial charge < -0.3 is 24.8 Å². The van der Waals surface area contributed by atoms with E-state index in [1.807, 2.05) is 18.2 Å². The van der Waals surface area contributed by atoms with Crippen molar-refractivity contribution in [1.82, 2.24) is 30.1 Å². The van der Waals surface area contributed by atoms with Gasteiger partial charge in [0.15, 0.2) is 17.3 Å². The monoisotopic (exact) mass is 452 g/mol. The average Bonchev–Trinajstić information content (AvgIpc) is 3.50. The molecule has 1 amide bonds. The van der Waals surface area contributed by atoms with Crippen LogP contribution in [0.15, 0.2) is 18.3 Å². The maximum absolute atomic E-state index is 12.0. The molecule has 0 aromatic carbocycles. The summed E-state index contributed by atoms with van der Waals surface area (Å²) in [6, 6.07) is 5.92. The van der Waals surface area contributed by atoms with Crippen molar-refractivity contribution in [2.45, 2.75) is 50.5 Å². The number of ether oxygens (including phenoxy) is 3. The van der Waals surface area contributed by atoms with E-state index >= 15 is 0 Å². The van der Waals surface area contributed by atoms with Crippen molar-refractivity contribution in [1.29, 1.82) is 5.26 Å². The molecule has 3 N–H and O–H groups in total. The Morgan fingerprint density at radius 2 is 2.30 bits per heavy atom. The Hall–Kier alpha value is -3.69. The highest BCUT2D eigenvalue weighted by atomic mass is 16.6. The number of carbonyl (C=O) groups is 1. The molecule has 1 saturated carbocycles. The summed E-state index contributed by atoms with van der Waals surface area (Å²) in [5.74, 6) is 0.961. The lowest BCUT2D eigenvalue weighted by molar-refractivity contribution is 0.0660. The third-order valence-corrected chi connectivity index (χ3v) is 5.76. The van der Waals surface area contributed by atoms with Crippen LogP contribution in [0.2, 0.25) is 0 Å². The van der Waals surface area contributed by atoms with Crippen molar-refractivity contribution in [3.8, 4) is 6.07 Å². The minimum Gasteiger partial charge on any atom is -0.444 e. The van der Waals surface area contributed by atoms with Crippen molar-refractivity contribution in [2.24, 2.45) is 0 Å². The lowest BCUT2D eigenvalue weighted by Gasteiger charge is -2.26. The van der Waals surface area contributed by atoms with Crippen molar-refractivity contribution in [2.75, 3.05) is 19.0 Å². The molecule has 1 aliphatic carbocycles. The Bertz CT molecular complexity index is 1190. The fourth-order valence-corrected chi connectivity index (χ4v) is 3.90. The van der Waals surface area contributed by atoms with Gasteiger partial charge in [0.1, 0.15) is 23.8 Å². The van der Waals surface area contributed by atoms with Crippen LogP contribution in [0.3, 0.4) is 0 Å². The van der Waals surface area contributed by atoms with Gasteiger partial charge in [0.25, 0.3) is 0 Å². The number of fused-ring (bicyclic) bond motifs is 1. The van der Waals surface area contributed by atoms with Crippen LogP contribution < -0.4 is 10.6 Å². The first-order chi connectivity index (χ1) is 16.1. The number of alkyl carbamates (subject to hydrolysis) is 1. The Kier molecular flexibility index (Phi) is 5.80. The fraction of sp³-hybridized carbons (Fsp3) is 0.476. The molecule has 3 aromatic heterocycles. The van der Waals surface area contributed by atoms with Crippen LogP contribution in [0.5, 0.6) is 0 Å². The Morgan fingerprint density at radius 3 is 3.06 bits per heavy atom. The number of hydrogen-bond acceptors (Lipinski definition) is 9. The Labute approximate surface area is 189 Å². The van der Waals surface area contributed by atoms with Gasteiger partial charge in [0.05, 0.1) is 30.8 Å². The zero-order valence-corrected chi connectivity index (χ0v) is 18.1. The molecule has 0 radical (unpaired) electrons. The van der Waals surface area contributed by atoms with E-state index < -0.39 is 0 Å². The quantitative estimate of drug-likeness (QED) is 0.490. The molecule has 172 valence electrons. The summed E-state index contributed by atoms with van der Waals surface area (Å²) in [5.41, 5.74) is 2.37. The first-order valence-electron chi connectivity index (χ1n) is 10.8. The summed E-state index contributed by atoms with van der Waals surface area (Å²) >= 11 is 0. The summed E-state index contributed by atoms with van der Waals surface area (Å²) in [5, 5.41) is 27.0. The maximum atomic E-state index is 12.0. The third-order valence-electron chi connectivity index (χ3n) is 5.76. The van der Waals surface area contributed by atoms with E-state index in [2.05, 4.69) is 30.9 Å². The zero-order chi connectivity index (χ0) is 22.8. The number of aromatic amines is 1. The molecule has 2 atom stereocenters. The third kappa shape index (κ3) is 4.59. The molecule has 0 unspecified atom stereocenters. The number of amides is 1. The van der Waals surface area contributed by atoms with Crippen molar-refractivity contribution >= 4 is 23.2 Å². The number of nitriles is 1. The predicted molar refractivity (Wildman–Crippen MR) is 115 cm³/mol. The molecule has 3 aromatic rings. The molecule has 12 nitrogen and oxygen atoms in total. The fourth-order valence-electron chi connectivity index (χ4n) is 3.90. The van der Waals surface area contributed by atoms with E-state index in [-0.39, 0.29) is 30.0 Å². The standard InChI is InChI=1S/C21H24N8O4/c1-31-10-13-5-17-20(23-14(8-22)9-29(17)28-13)25-19-7-16(26-27-19)18-6-15(11-32-18)33-21(30)24-12-3-2-4-12/h5,7,9,12,15,18H,2-4,6,10-11H2,1H3,(H,24,30)(H2,23,25,26,27)/t15-,18-/m1/s1. The number of anilines is 2. The number of carbonyl (C=O) groups excluding carboxylic acids is 1. The molecule has 33 heavy (non-hydrogen) atoms. The zero-order valence-electron chi connectivity index (χ0n) is 18.1. The summed E-state index contributed by atoms with van der Waals surface area (Å²) in [4.78, 5) is 16.3. The number of hydrogen-bond donors (Lipinski definition) is 3. The summed E-state index contributed by atoms with van der Waals surface area (Å²) < 4.78 is 18.0. The van der Waals surface area contributed by atoms with E-state index in [0.717, 1.165) is 25.0 Å². The molecular weight excluding hydrogens is 428 g/mol. The topological polar surface area (TPSA) is 151 Å². The molecule has 12 heteroatoms. The van der Waals surface area contributed by atoms with Gasteiger partial charge in [0, 0.05) is 25.6 Å². The minimum atomic E-state index is -0.387. The Balaban J connectivity index is 1.25. The van der Waals surface area contributed by atoms with Crippen LogP contribution in [0, 0.1) is 11.3 Å². The number of methoxy groups -OCH3 is 1. The van der Waals surface area contributed by atoms with Crippen LogP contribution in [-0.4, -0.2) is 56.8 Å². The number of nitrogens with one attached hydrogen (secondary N) is 3. The van der Waals surface area contributed by atoms with E-state index in [0.29, 0.717) is 42.5 Å². The van der Waals surface area contributed by atoms with Crippen molar-refractivity contribution in [3.63, 3.8) is 0 Å². The van der Waals surface area contributed by atoms with Gasteiger partial charge in [-0.3, -0.25) is 5.10 Å². The van der Waals surface area contributed by atoms with Crippen LogP contribution in [0.25, 0.3) is 5.52 Å². The van der Waals surface area contributed by atoms with Gasteiger partial charge in [-0.25, -0.2) is 14.3 Å². The predicted octanol–water partition coefficient (Wildman–Crippen LogP) is 2.32. The molecule has 4 heterocycles. The number of nitrogens with zero attached hydrogens (tertiary/aromatic N) is 5. The number of rotatable bonds is 7. The lowest BCUT2D eigenvalue weighted by Crippen LogP contribution is -2.41. The first-order valence-corrected chi connectivity index (χ1v) is 10.8. The molecule has 1 aliphatic heterocycles. The second-order valence-electron chi connectivity index (χ2n) is 8.18. The summed E-state index contributed by atoms with van der Waals surface area (Å²) in [7, 11) is 1.59. The lowest BCUT2D eigenvalue weighted by atomic mass is 9.93. The summed E-state index contributed by atoms with van der Waals surface area (Å²) in [6.07, 6.45) is 4.29. The van der Waals surface area contributed by atoms with Crippen LogP contribution in [0.1, 0.15) is 48.9 Å². The van der Waals surface area contributed by atoms with E-state index in [9.17, 15) is 10.1 Å². The first kappa shape index (κ1) is 21.2. The molecule has 2 fully saturated rings. The normalized spacial score (nSPS) is 20.4. The van der Waals surface area contributed by atoms with Gasteiger partial charge in [-0.2, -0.15) is 15.5 Å². The van der Waals surface area contributed by atoms with Crippen LogP contribution >= 0.6 is 0 Å². The molecular formula is C21H24N8O4. The molecule has 1 saturated heterocycles. The molecule has 0 bridgehead atoms. The average molecular weight is 452 g/mol. The highest BCUT2D eigenvalue weighted by Crippen LogP contribution is 2.31. The Morgan fingerprint density at radius 1 is 1.42 bits per heavy atom. The molecule has 5 rings (SSSR count). The van der Waals surface area contributed by atoms with E-state index in [1.54, 1.807) is 17.8 Å². The summed E-state index contributed by atoms with van der Waals surface area (Å²) in [6.45, 7) is 0.672. The highest BCUT2D eigenvalue weighted by molar-refractivity contribution is 5.73. The highest BCUT2D eigenvalue weighted by Gasteiger charge is 2.32. The van der Waals surface area contributed by atoms with Gasteiger partial charge in [-0.1, -0.05) is 0 Å². The minimum absolute atomic E-state index is 0.215. The van der Waals surface area contributed by atoms with Crippen LogP contribution in [-0.2, 0) is 20.8 Å². The van der Waals surface area contributed by atoms with Gasteiger partial charge in [-0.05, 0) is 25.3 Å². The smallest absolute Gasteiger partial charge is 0.407 e.